The molecule has 0 spiro atoms. The van der Waals surface area contributed by atoms with E-state index in [0.717, 1.165) is 0 Å². The van der Waals surface area contributed by atoms with Crippen LogP contribution >= 0.6 is 11.8 Å². The van der Waals surface area contributed by atoms with Crippen LogP contribution in [0.3, 0.4) is 0 Å². The van der Waals surface area contributed by atoms with Crippen molar-refractivity contribution >= 4 is 17.7 Å². The highest BCUT2D eigenvalue weighted by Crippen LogP contribution is 2.36. The summed E-state index contributed by atoms with van der Waals surface area (Å²) in [6, 6.07) is 0. The summed E-state index contributed by atoms with van der Waals surface area (Å²) in [5.41, 5.74) is 0. The van der Waals surface area contributed by atoms with E-state index >= 15 is 0 Å². The lowest BCUT2D eigenvalue weighted by atomic mass is 10.1. The van der Waals surface area contributed by atoms with Gasteiger partial charge in [0.25, 0.3) is 0 Å². The van der Waals surface area contributed by atoms with Crippen LogP contribution in [0, 0.1) is 0 Å². The maximum absolute atomic E-state index is 10.7. The standard InChI is InChI=1S/C7H12O3S/c1-5(2)11-7(6(8)9)3-10-4-7/h5H,3-4H2,1-2H3,(H,8,9). The van der Waals surface area contributed by atoms with E-state index in [1.165, 1.54) is 11.8 Å². The van der Waals surface area contributed by atoms with Crippen LogP contribution in [0.4, 0.5) is 0 Å². The average molecular weight is 176 g/mol. The molecule has 1 aliphatic rings. The van der Waals surface area contributed by atoms with Crippen LogP contribution < -0.4 is 0 Å². The molecule has 3 nitrogen and oxygen atoms in total. The average Bonchev–Trinajstić information content (AvgIpc) is 1.77. The van der Waals surface area contributed by atoms with E-state index in [4.69, 9.17) is 9.84 Å². The van der Waals surface area contributed by atoms with Crippen molar-refractivity contribution in [2.24, 2.45) is 0 Å². The number of ether oxygens (including phenoxy) is 1. The number of carbonyl (C=O) groups is 1. The molecule has 0 atom stereocenters. The fraction of sp³-hybridized carbons (Fsp3) is 0.857. The molecule has 1 saturated heterocycles. The minimum absolute atomic E-state index is 0.343. The molecule has 0 aliphatic carbocycles. The van der Waals surface area contributed by atoms with Crippen molar-refractivity contribution in [1.29, 1.82) is 0 Å². The molecule has 4 heteroatoms. The van der Waals surface area contributed by atoms with E-state index in [1.54, 1.807) is 0 Å². The second kappa shape index (κ2) is 3.03. The molecule has 0 saturated carbocycles. The van der Waals surface area contributed by atoms with Crippen LogP contribution in [0.2, 0.25) is 0 Å². The van der Waals surface area contributed by atoms with Gasteiger partial charge in [-0.05, 0) is 0 Å². The summed E-state index contributed by atoms with van der Waals surface area (Å²) in [5.74, 6) is -0.748. The lowest BCUT2D eigenvalue weighted by molar-refractivity contribution is -0.151. The van der Waals surface area contributed by atoms with Crippen LogP contribution in [0.25, 0.3) is 0 Å². The van der Waals surface area contributed by atoms with E-state index in [0.29, 0.717) is 18.5 Å². The second-order valence-corrected chi connectivity index (χ2v) is 4.92. The van der Waals surface area contributed by atoms with Gasteiger partial charge in [0, 0.05) is 5.25 Å². The highest BCUT2D eigenvalue weighted by molar-refractivity contribution is 8.02. The molecule has 0 radical (unpaired) electrons. The van der Waals surface area contributed by atoms with Crippen molar-refractivity contribution in [2.75, 3.05) is 13.2 Å². The third kappa shape index (κ3) is 1.68. The maximum Gasteiger partial charge on any atom is 0.324 e. The number of thioether (sulfide) groups is 1. The molecule has 11 heavy (non-hydrogen) atoms. The Balaban J connectivity index is 2.54. The summed E-state index contributed by atoms with van der Waals surface area (Å²) >= 11 is 1.47. The minimum atomic E-state index is -0.748. The molecule has 0 aromatic carbocycles. The molecule has 0 bridgehead atoms. The lowest BCUT2D eigenvalue weighted by Crippen LogP contribution is -2.53. The number of carboxylic acids is 1. The van der Waals surface area contributed by atoms with Crippen LogP contribution in [-0.4, -0.2) is 34.3 Å². The Morgan fingerprint density at radius 2 is 2.18 bits per heavy atom. The van der Waals surface area contributed by atoms with Gasteiger partial charge in [-0.25, -0.2) is 0 Å². The first-order chi connectivity index (χ1) is 5.07. The normalized spacial score (nSPS) is 21.4. The Bertz CT molecular complexity index is 163. The van der Waals surface area contributed by atoms with Crippen LogP contribution in [0.5, 0.6) is 0 Å². The minimum Gasteiger partial charge on any atom is -0.480 e. The molecule has 1 heterocycles. The topological polar surface area (TPSA) is 46.5 Å². The maximum atomic E-state index is 10.7. The molecule has 1 aliphatic heterocycles. The molecule has 0 aromatic rings. The second-order valence-electron chi connectivity index (χ2n) is 2.96. The fourth-order valence-electron chi connectivity index (χ4n) is 0.981. The Morgan fingerprint density at radius 1 is 1.64 bits per heavy atom. The van der Waals surface area contributed by atoms with Crippen molar-refractivity contribution in [3.8, 4) is 0 Å². The van der Waals surface area contributed by atoms with Crippen molar-refractivity contribution < 1.29 is 14.6 Å². The molecule has 1 rings (SSSR count). The predicted octanol–water partition coefficient (Wildman–Crippen LogP) is 0.982. The summed E-state index contributed by atoms with van der Waals surface area (Å²) in [4.78, 5) is 10.7. The van der Waals surface area contributed by atoms with Gasteiger partial charge >= 0.3 is 5.97 Å². The highest BCUT2D eigenvalue weighted by Gasteiger charge is 2.47. The van der Waals surface area contributed by atoms with Gasteiger partial charge in [0.15, 0.2) is 4.75 Å². The van der Waals surface area contributed by atoms with Crippen LogP contribution in [0.15, 0.2) is 0 Å². The van der Waals surface area contributed by atoms with Gasteiger partial charge in [0.1, 0.15) is 0 Å². The zero-order valence-corrected chi connectivity index (χ0v) is 7.48. The van der Waals surface area contributed by atoms with Gasteiger partial charge in [-0.3, -0.25) is 4.79 Å². The Kier molecular flexibility index (Phi) is 2.44. The summed E-state index contributed by atoms with van der Waals surface area (Å²) in [6.07, 6.45) is 0. The van der Waals surface area contributed by atoms with Gasteiger partial charge in [0.05, 0.1) is 13.2 Å². The first kappa shape index (κ1) is 8.87. The Labute approximate surface area is 70.1 Å². The molecule has 64 valence electrons. The van der Waals surface area contributed by atoms with E-state index < -0.39 is 10.7 Å². The van der Waals surface area contributed by atoms with Crippen molar-refractivity contribution in [1.82, 2.24) is 0 Å². The van der Waals surface area contributed by atoms with E-state index in [1.807, 2.05) is 13.8 Å². The van der Waals surface area contributed by atoms with Crippen molar-refractivity contribution in [2.45, 2.75) is 23.8 Å². The third-order valence-electron chi connectivity index (χ3n) is 1.52. The van der Waals surface area contributed by atoms with E-state index in [2.05, 4.69) is 0 Å². The van der Waals surface area contributed by atoms with E-state index in [9.17, 15) is 4.79 Å². The number of aliphatic carboxylic acids is 1. The smallest absolute Gasteiger partial charge is 0.324 e. The predicted molar refractivity (Wildman–Crippen MR) is 43.9 cm³/mol. The molecular formula is C7H12O3S. The summed E-state index contributed by atoms with van der Waals surface area (Å²) in [7, 11) is 0. The monoisotopic (exact) mass is 176 g/mol. The lowest BCUT2D eigenvalue weighted by Gasteiger charge is -2.37. The number of rotatable bonds is 3. The van der Waals surface area contributed by atoms with Gasteiger partial charge in [-0.2, -0.15) is 0 Å². The number of hydrogen-bond acceptors (Lipinski definition) is 3. The Morgan fingerprint density at radius 3 is 2.27 bits per heavy atom. The highest BCUT2D eigenvalue weighted by atomic mass is 32.2. The first-order valence-corrected chi connectivity index (χ1v) is 4.44. The number of hydrogen-bond donors (Lipinski definition) is 1. The van der Waals surface area contributed by atoms with Crippen molar-refractivity contribution in [3.63, 3.8) is 0 Å². The van der Waals surface area contributed by atoms with Gasteiger partial charge in [0.2, 0.25) is 0 Å². The molecule has 1 N–H and O–H groups in total. The molecule has 0 aromatic heterocycles. The Hall–Kier alpha value is -0.220. The zero-order valence-electron chi connectivity index (χ0n) is 6.66. The largest absolute Gasteiger partial charge is 0.480 e. The van der Waals surface area contributed by atoms with Gasteiger partial charge in [-0.15, -0.1) is 11.8 Å². The third-order valence-corrected chi connectivity index (χ3v) is 2.85. The summed E-state index contributed by atoms with van der Waals surface area (Å²) < 4.78 is 4.25. The summed E-state index contributed by atoms with van der Waals surface area (Å²) in [5, 5.41) is 9.17. The van der Waals surface area contributed by atoms with E-state index in [-0.39, 0.29) is 0 Å². The van der Waals surface area contributed by atoms with Gasteiger partial charge in [-0.1, -0.05) is 13.8 Å². The fourth-order valence-corrected chi connectivity index (χ4v) is 2.29. The summed E-state index contributed by atoms with van der Waals surface area (Å²) in [6.45, 7) is 4.69. The first-order valence-electron chi connectivity index (χ1n) is 3.56. The number of carboxylic acid groups (broad SMARTS) is 1. The molecule has 1 fully saturated rings. The van der Waals surface area contributed by atoms with Crippen molar-refractivity contribution in [3.05, 3.63) is 0 Å². The molecule has 0 amide bonds. The van der Waals surface area contributed by atoms with Crippen LogP contribution in [-0.2, 0) is 9.53 Å². The van der Waals surface area contributed by atoms with Gasteiger partial charge < -0.3 is 9.84 Å². The molecule has 0 unspecified atom stereocenters. The zero-order chi connectivity index (χ0) is 8.48. The molecular weight excluding hydrogens is 164 g/mol. The van der Waals surface area contributed by atoms with Crippen LogP contribution in [0.1, 0.15) is 13.8 Å². The SMILES string of the molecule is CC(C)SC1(C(=O)O)COC1. The quantitative estimate of drug-likeness (QED) is 0.696.